The highest BCUT2D eigenvalue weighted by atomic mass is 16.5. The zero-order valence-corrected chi connectivity index (χ0v) is 7.79. The summed E-state index contributed by atoms with van der Waals surface area (Å²) in [5.41, 5.74) is 4.52. The van der Waals surface area contributed by atoms with Crippen LogP contribution < -0.4 is 10.9 Å². The van der Waals surface area contributed by atoms with Gasteiger partial charge in [-0.3, -0.25) is 20.4 Å². The number of carbonyl (C=O) groups is 2. The minimum absolute atomic E-state index is 0.216. The predicted molar refractivity (Wildman–Crippen MR) is 45.5 cm³/mol. The summed E-state index contributed by atoms with van der Waals surface area (Å²) in [6.45, 7) is 3.89. The number of hydrogen-bond acceptors (Lipinski definition) is 3. The zero-order valence-electron chi connectivity index (χ0n) is 7.79. The van der Waals surface area contributed by atoms with Crippen LogP contribution in [0.3, 0.4) is 0 Å². The van der Waals surface area contributed by atoms with Crippen LogP contribution in [-0.4, -0.2) is 24.5 Å². The Morgan fingerprint density at radius 2 is 2.08 bits per heavy atom. The molecule has 5 nitrogen and oxygen atoms in total. The van der Waals surface area contributed by atoms with Crippen LogP contribution in [0.5, 0.6) is 0 Å². The van der Waals surface area contributed by atoms with Crippen molar-refractivity contribution in [2.45, 2.75) is 26.4 Å². The van der Waals surface area contributed by atoms with Crippen LogP contribution in [0.15, 0.2) is 0 Å². The summed E-state index contributed by atoms with van der Waals surface area (Å²) < 4.78 is 5.20. The summed E-state index contributed by atoms with van der Waals surface area (Å²) in [6, 6.07) is 0. The highest BCUT2D eigenvalue weighted by Crippen LogP contribution is 2.19. The Labute approximate surface area is 76.8 Å². The average molecular weight is 186 g/mol. The maximum atomic E-state index is 11.3. The van der Waals surface area contributed by atoms with Crippen LogP contribution in [0.25, 0.3) is 0 Å². The molecule has 0 saturated carbocycles. The number of carbonyl (C=O) groups excluding carboxylic acids is 2. The van der Waals surface area contributed by atoms with Crippen molar-refractivity contribution < 1.29 is 14.3 Å². The fourth-order valence-electron chi connectivity index (χ4n) is 1.25. The molecule has 0 aromatic heterocycles. The lowest BCUT2D eigenvalue weighted by molar-refractivity contribution is -0.135. The monoisotopic (exact) mass is 186 g/mol. The Bertz CT molecular complexity index is 217. The zero-order chi connectivity index (χ0) is 9.84. The van der Waals surface area contributed by atoms with Crippen molar-refractivity contribution >= 4 is 11.8 Å². The number of amides is 2. The molecule has 1 heterocycles. The molecule has 0 spiro atoms. The molecule has 2 N–H and O–H groups in total. The first-order valence-electron chi connectivity index (χ1n) is 4.29. The molecule has 2 amide bonds. The molecule has 0 unspecified atom stereocenters. The van der Waals surface area contributed by atoms with Crippen LogP contribution in [0.2, 0.25) is 0 Å². The normalized spacial score (nSPS) is 26.9. The van der Waals surface area contributed by atoms with Crippen molar-refractivity contribution in [2.24, 2.45) is 5.92 Å². The third kappa shape index (κ3) is 2.69. The van der Waals surface area contributed by atoms with E-state index in [-0.39, 0.29) is 17.7 Å². The fourth-order valence-corrected chi connectivity index (χ4v) is 1.25. The lowest BCUT2D eigenvalue weighted by Gasteiger charge is -2.13. The molecule has 0 aliphatic carbocycles. The van der Waals surface area contributed by atoms with Gasteiger partial charge in [0.25, 0.3) is 5.91 Å². The van der Waals surface area contributed by atoms with E-state index in [1.165, 1.54) is 6.92 Å². The van der Waals surface area contributed by atoms with E-state index in [4.69, 9.17) is 4.74 Å². The van der Waals surface area contributed by atoms with Crippen LogP contribution in [0.1, 0.15) is 20.3 Å². The highest BCUT2D eigenvalue weighted by molar-refractivity contribution is 5.84. The lowest BCUT2D eigenvalue weighted by Crippen LogP contribution is -2.46. The largest absolute Gasteiger partial charge is 0.368 e. The first-order valence-corrected chi connectivity index (χ1v) is 4.29. The molecule has 0 radical (unpaired) electrons. The van der Waals surface area contributed by atoms with Gasteiger partial charge in [-0.2, -0.15) is 0 Å². The average Bonchev–Trinajstić information content (AvgIpc) is 2.47. The third-order valence-electron chi connectivity index (χ3n) is 2.01. The Morgan fingerprint density at radius 1 is 1.38 bits per heavy atom. The molecule has 1 rings (SSSR count). The third-order valence-corrected chi connectivity index (χ3v) is 2.01. The first kappa shape index (κ1) is 9.98. The van der Waals surface area contributed by atoms with Gasteiger partial charge in [0, 0.05) is 13.5 Å². The Morgan fingerprint density at radius 3 is 2.54 bits per heavy atom. The molecule has 0 bridgehead atoms. The van der Waals surface area contributed by atoms with Crippen LogP contribution in [0.4, 0.5) is 0 Å². The van der Waals surface area contributed by atoms with Gasteiger partial charge in [0.1, 0.15) is 6.10 Å². The molecule has 0 aromatic rings. The van der Waals surface area contributed by atoms with E-state index in [1.807, 2.05) is 6.92 Å². The molecule has 1 aliphatic rings. The number of hydrazine groups is 1. The van der Waals surface area contributed by atoms with E-state index in [0.717, 1.165) is 6.42 Å². The summed E-state index contributed by atoms with van der Waals surface area (Å²) >= 11 is 0. The summed E-state index contributed by atoms with van der Waals surface area (Å²) in [6.07, 6.45) is 0.463. The Balaban J connectivity index is 2.34. The molecular formula is C8H14N2O3. The van der Waals surface area contributed by atoms with Gasteiger partial charge in [-0.1, -0.05) is 6.92 Å². The van der Waals surface area contributed by atoms with Crippen molar-refractivity contribution in [1.82, 2.24) is 10.9 Å². The van der Waals surface area contributed by atoms with Gasteiger partial charge in [-0.25, -0.2) is 0 Å². The minimum Gasteiger partial charge on any atom is -0.368 e. The maximum absolute atomic E-state index is 11.3. The SMILES string of the molecule is CC(=O)NNC(=O)[C@H]1OCC[C@H]1C. The van der Waals surface area contributed by atoms with E-state index in [0.29, 0.717) is 6.61 Å². The fraction of sp³-hybridized carbons (Fsp3) is 0.750. The van der Waals surface area contributed by atoms with E-state index < -0.39 is 6.10 Å². The standard InChI is InChI=1S/C8H14N2O3/c1-5-3-4-13-7(5)8(12)10-9-6(2)11/h5,7H,3-4H2,1-2H3,(H,9,11)(H,10,12)/t5-,7+/m1/s1. The molecule has 1 fully saturated rings. The smallest absolute Gasteiger partial charge is 0.267 e. The molecule has 13 heavy (non-hydrogen) atoms. The minimum atomic E-state index is -0.424. The summed E-state index contributed by atoms with van der Waals surface area (Å²) in [4.78, 5) is 21.8. The topological polar surface area (TPSA) is 67.4 Å². The van der Waals surface area contributed by atoms with E-state index >= 15 is 0 Å². The second kappa shape index (κ2) is 4.23. The van der Waals surface area contributed by atoms with E-state index in [2.05, 4.69) is 10.9 Å². The van der Waals surface area contributed by atoms with Gasteiger partial charge in [-0.05, 0) is 12.3 Å². The van der Waals surface area contributed by atoms with Crippen molar-refractivity contribution in [2.75, 3.05) is 6.61 Å². The quantitative estimate of drug-likeness (QED) is 0.546. The second-order valence-corrected chi connectivity index (χ2v) is 3.23. The second-order valence-electron chi connectivity index (χ2n) is 3.23. The van der Waals surface area contributed by atoms with E-state index in [1.54, 1.807) is 0 Å². The summed E-state index contributed by atoms with van der Waals surface area (Å²) in [5, 5.41) is 0. The number of nitrogens with one attached hydrogen (secondary N) is 2. The van der Waals surface area contributed by atoms with Gasteiger partial charge >= 0.3 is 0 Å². The van der Waals surface area contributed by atoms with Gasteiger partial charge in [0.05, 0.1) is 0 Å². The predicted octanol–water partition coefficient (Wildman–Crippen LogP) is -0.421. The number of ether oxygens (including phenoxy) is 1. The van der Waals surface area contributed by atoms with Gasteiger partial charge < -0.3 is 4.74 Å². The number of rotatable bonds is 1. The molecule has 1 saturated heterocycles. The van der Waals surface area contributed by atoms with Gasteiger partial charge in [-0.15, -0.1) is 0 Å². The molecule has 74 valence electrons. The van der Waals surface area contributed by atoms with Gasteiger partial charge in [0.15, 0.2) is 0 Å². The molecule has 5 heteroatoms. The molecule has 1 aliphatic heterocycles. The van der Waals surface area contributed by atoms with Crippen LogP contribution in [0, 0.1) is 5.92 Å². The number of hydrogen-bond donors (Lipinski definition) is 2. The maximum Gasteiger partial charge on any atom is 0.267 e. The van der Waals surface area contributed by atoms with Gasteiger partial charge in [0.2, 0.25) is 5.91 Å². The van der Waals surface area contributed by atoms with Crippen LogP contribution in [-0.2, 0) is 14.3 Å². The van der Waals surface area contributed by atoms with Crippen molar-refractivity contribution in [3.63, 3.8) is 0 Å². The Kier molecular flexibility index (Phi) is 3.25. The molecular weight excluding hydrogens is 172 g/mol. The lowest BCUT2D eigenvalue weighted by atomic mass is 10.0. The Hall–Kier alpha value is -1.10. The van der Waals surface area contributed by atoms with Crippen molar-refractivity contribution in [1.29, 1.82) is 0 Å². The van der Waals surface area contributed by atoms with E-state index in [9.17, 15) is 9.59 Å². The highest BCUT2D eigenvalue weighted by Gasteiger charge is 2.30. The van der Waals surface area contributed by atoms with Crippen molar-refractivity contribution in [3.05, 3.63) is 0 Å². The molecule has 2 atom stereocenters. The molecule has 0 aromatic carbocycles. The summed E-state index contributed by atoms with van der Waals surface area (Å²) in [7, 11) is 0. The van der Waals surface area contributed by atoms with Crippen molar-refractivity contribution in [3.8, 4) is 0 Å². The first-order chi connectivity index (χ1) is 6.11. The van der Waals surface area contributed by atoms with Crippen LogP contribution >= 0.6 is 0 Å². The summed E-state index contributed by atoms with van der Waals surface area (Å²) in [5.74, 6) is -0.354.